The van der Waals surface area contributed by atoms with Crippen molar-refractivity contribution in [1.82, 2.24) is 10.5 Å². The first kappa shape index (κ1) is 12.3. The smallest absolute Gasteiger partial charge is 0.138 e. The number of thioether (sulfide) groups is 1. The van der Waals surface area contributed by atoms with Crippen LogP contribution in [0, 0.1) is 13.8 Å². The van der Waals surface area contributed by atoms with Crippen LogP contribution in [0.15, 0.2) is 17.2 Å². The van der Waals surface area contributed by atoms with Gasteiger partial charge in [0.2, 0.25) is 0 Å². The molecule has 15 heavy (non-hydrogen) atoms. The van der Waals surface area contributed by atoms with Crippen LogP contribution in [0.1, 0.15) is 17.0 Å². The fraction of sp³-hybridized carbons (Fsp3) is 0.545. The predicted molar refractivity (Wildman–Crippen MR) is 65.2 cm³/mol. The van der Waals surface area contributed by atoms with E-state index in [9.17, 15) is 0 Å². The molecule has 0 spiro atoms. The van der Waals surface area contributed by atoms with Crippen LogP contribution in [0.2, 0.25) is 0 Å². The lowest BCUT2D eigenvalue weighted by Crippen LogP contribution is -2.17. The van der Waals surface area contributed by atoms with E-state index in [-0.39, 0.29) is 0 Å². The summed E-state index contributed by atoms with van der Waals surface area (Å²) in [4.78, 5) is 0. The lowest BCUT2D eigenvalue weighted by molar-refractivity contribution is 0.392. The highest BCUT2D eigenvalue weighted by molar-refractivity contribution is 7.99. The molecule has 0 aliphatic carbocycles. The van der Waals surface area contributed by atoms with Gasteiger partial charge in [-0.25, -0.2) is 0 Å². The van der Waals surface area contributed by atoms with Crippen LogP contribution in [0.3, 0.4) is 0 Å². The van der Waals surface area contributed by atoms with Crippen molar-refractivity contribution >= 4 is 11.8 Å². The van der Waals surface area contributed by atoms with E-state index in [1.165, 1.54) is 5.56 Å². The van der Waals surface area contributed by atoms with Gasteiger partial charge >= 0.3 is 0 Å². The SMILES string of the molecule is C=CCSCCNCc1c(C)noc1C. The van der Waals surface area contributed by atoms with Gasteiger partial charge in [0, 0.05) is 30.2 Å². The van der Waals surface area contributed by atoms with E-state index in [1.54, 1.807) is 0 Å². The second-order valence-electron chi connectivity index (χ2n) is 3.34. The molecule has 1 rings (SSSR count). The fourth-order valence-corrected chi connectivity index (χ4v) is 1.90. The Morgan fingerprint density at radius 1 is 1.53 bits per heavy atom. The molecule has 0 fully saturated rings. The molecular formula is C11H18N2OS. The number of rotatable bonds is 7. The summed E-state index contributed by atoms with van der Waals surface area (Å²) in [5.41, 5.74) is 2.17. The maximum absolute atomic E-state index is 5.08. The number of hydrogen-bond donors (Lipinski definition) is 1. The zero-order valence-corrected chi connectivity index (χ0v) is 10.2. The molecule has 0 saturated heterocycles. The minimum Gasteiger partial charge on any atom is -0.361 e. The topological polar surface area (TPSA) is 38.1 Å². The number of aromatic nitrogens is 1. The third kappa shape index (κ3) is 4.10. The molecule has 3 nitrogen and oxygen atoms in total. The monoisotopic (exact) mass is 226 g/mol. The molecular weight excluding hydrogens is 208 g/mol. The molecule has 0 radical (unpaired) electrons. The second kappa shape index (κ2) is 6.69. The highest BCUT2D eigenvalue weighted by atomic mass is 32.2. The van der Waals surface area contributed by atoms with E-state index >= 15 is 0 Å². The molecule has 1 aromatic rings. The van der Waals surface area contributed by atoms with Gasteiger partial charge in [-0.1, -0.05) is 11.2 Å². The van der Waals surface area contributed by atoms with Crippen LogP contribution >= 0.6 is 11.8 Å². The molecule has 0 amide bonds. The van der Waals surface area contributed by atoms with Gasteiger partial charge in [0.1, 0.15) is 5.76 Å². The van der Waals surface area contributed by atoms with Gasteiger partial charge in [0.15, 0.2) is 0 Å². The number of nitrogens with zero attached hydrogens (tertiary/aromatic N) is 1. The van der Waals surface area contributed by atoms with Crippen LogP contribution < -0.4 is 5.32 Å². The molecule has 0 bridgehead atoms. The van der Waals surface area contributed by atoms with Gasteiger partial charge in [0.05, 0.1) is 5.69 Å². The minimum absolute atomic E-state index is 0.843. The lowest BCUT2D eigenvalue weighted by Gasteiger charge is -2.03. The molecule has 84 valence electrons. The van der Waals surface area contributed by atoms with Crippen molar-refractivity contribution in [2.45, 2.75) is 20.4 Å². The zero-order valence-electron chi connectivity index (χ0n) is 9.38. The Balaban J connectivity index is 2.17. The quantitative estimate of drug-likeness (QED) is 0.572. The van der Waals surface area contributed by atoms with Gasteiger partial charge in [-0.2, -0.15) is 11.8 Å². The molecule has 0 saturated carbocycles. The minimum atomic E-state index is 0.843. The van der Waals surface area contributed by atoms with Crippen molar-refractivity contribution in [3.8, 4) is 0 Å². The highest BCUT2D eigenvalue weighted by Gasteiger charge is 2.07. The van der Waals surface area contributed by atoms with Crippen molar-refractivity contribution in [3.05, 3.63) is 29.7 Å². The van der Waals surface area contributed by atoms with E-state index in [1.807, 2.05) is 31.7 Å². The van der Waals surface area contributed by atoms with Crippen LogP contribution in [-0.4, -0.2) is 23.2 Å². The Hall–Kier alpha value is -0.740. The number of nitrogens with one attached hydrogen (secondary N) is 1. The summed E-state index contributed by atoms with van der Waals surface area (Å²) >= 11 is 1.88. The largest absolute Gasteiger partial charge is 0.361 e. The second-order valence-corrected chi connectivity index (χ2v) is 4.49. The number of hydrogen-bond acceptors (Lipinski definition) is 4. The van der Waals surface area contributed by atoms with Crippen molar-refractivity contribution in [1.29, 1.82) is 0 Å². The lowest BCUT2D eigenvalue weighted by atomic mass is 10.2. The van der Waals surface area contributed by atoms with E-state index in [0.29, 0.717) is 0 Å². The fourth-order valence-electron chi connectivity index (χ4n) is 1.28. The van der Waals surface area contributed by atoms with Gasteiger partial charge in [-0.15, -0.1) is 6.58 Å². The van der Waals surface area contributed by atoms with Gasteiger partial charge in [-0.3, -0.25) is 0 Å². The zero-order chi connectivity index (χ0) is 11.1. The average molecular weight is 226 g/mol. The molecule has 0 aliphatic heterocycles. The Morgan fingerprint density at radius 3 is 2.93 bits per heavy atom. The molecule has 0 atom stereocenters. The van der Waals surface area contributed by atoms with E-state index < -0.39 is 0 Å². The summed E-state index contributed by atoms with van der Waals surface area (Å²) in [6.45, 7) is 9.45. The first-order valence-corrected chi connectivity index (χ1v) is 6.22. The third-order valence-electron chi connectivity index (χ3n) is 2.14. The maximum Gasteiger partial charge on any atom is 0.138 e. The molecule has 0 aromatic carbocycles. The van der Waals surface area contributed by atoms with Crippen molar-refractivity contribution in [3.63, 3.8) is 0 Å². The van der Waals surface area contributed by atoms with E-state index in [0.717, 1.165) is 36.0 Å². The van der Waals surface area contributed by atoms with Gasteiger partial charge in [-0.05, 0) is 13.8 Å². The Labute approximate surface area is 95.3 Å². The van der Waals surface area contributed by atoms with Gasteiger partial charge < -0.3 is 9.84 Å². The molecule has 4 heteroatoms. The van der Waals surface area contributed by atoms with Crippen LogP contribution in [0.25, 0.3) is 0 Å². The van der Waals surface area contributed by atoms with Crippen LogP contribution in [-0.2, 0) is 6.54 Å². The normalized spacial score (nSPS) is 10.5. The number of aryl methyl sites for hydroxylation is 2. The van der Waals surface area contributed by atoms with Crippen molar-refractivity contribution < 1.29 is 4.52 Å². The summed E-state index contributed by atoms with van der Waals surface area (Å²) in [6, 6.07) is 0. The summed E-state index contributed by atoms with van der Waals surface area (Å²) < 4.78 is 5.08. The predicted octanol–water partition coefficient (Wildman–Crippen LogP) is 2.30. The summed E-state index contributed by atoms with van der Waals surface area (Å²) in [5.74, 6) is 3.04. The summed E-state index contributed by atoms with van der Waals surface area (Å²) in [5, 5.41) is 7.28. The maximum atomic E-state index is 5.08. The molecule has 1 N–H and O–H groups in total. The molecule has 0 unspecified atom stereocenters. The third-order valence-corrected chi connectivity index (χ3v) is 3.11. The summed E-state index contributed by atoms with van der Waals surface area (Å²) in [6.07, 6.45) is 1.93. The Morgan fingerprint density at radius 2 is 2.33 bits per heavy atom. The molecule has 0 aliphatic rings. The standard InChI is InChI=1S/C11H18N2OS/c1-4-6-15-7-5-12-8-11-9(2)13-14-10(11)3/h4,12H,1,5-8H2,2-3H3. The molecule has 1 heterocycles. The first-order valence-electron chi connectivity index (χ1n) is 5.06. The van der Waals surface area contributed by atoms with E-state index in [2.05, 4.69) is 17.1 Å². The van der Waals surface area contributed by atoms with Crippen LogP contribution in [0.4, 0.5) is 0 Å². The average Bonchev–Trinajstić information content (AvgIpc) is 2.54. The van der Waals surface area contributed by atoms with Crippen molar-refractivity contribution in [2.24, 2.45) is 0 Å². The van der Waals surface area contributed by atoms with Crippen molar-refractivity contribution in [2.75, 3.05) is 18.1 Å². The Kier molecular flexibility index (Phi) is 5.50. The van der Waals surface area contributed by atoms with Crippen LogP contribution in [0.5, 0.6) is 0 Å². The molecule has 1 aromatic heterocycles. The van der Waals surface area contributed by atoms with E-state index in [4.69, 9.17) is 4.52 Å². The van der Waals surface area contributed by atoms with Gasteiger partial charge in [0.25, 0.3) is 0 Å². The first-order chi connectivity index (χ1) is 7.25. The Bertz CT molecular complexity index is 290. The highest BCUT2D eigenvalue weighted by Crippen LogP contribution is 2.11. The summed E-state index contributed by atoms with van der Waals surface area (Å²) in [7, 11) is 0.